The first kappa shape index (κ1) is 13.4. The molecule has 0 bridgehead atoms. The number of halogens is 2. The average Bonchev–Trinajstić information content (AvgIpc) is 2.38. The Hall–Kier alpha value is -1.00. The normalized spacial score (nSPS) is 19.8. The van der Waals surface area contributed by atoms with Gasteiger partial charge in [-0.3, -0.25) is 4.90 Å². The number of hydrogen-bond acceptors (Lipinski definition) is 2. The van der Waals surface area contributed by atoms with Crippen LogP contribution in [0.5, 0.6) is 0 Å². The Morgan fingerprint density at radius 1 is 1.17 bits per heavy atom. The van der Waals surface area contributed by atoms with Crippen LogP contribution in [0.25, 0.3) is 0 Å². The van der Waals surface area contributed by atoms with Gasteiger partial charge in [-0.2, -0.15) is 0 Å². The van der Waals surface area contributed by atoms with E-state index < -0.39 is 5.92 Å². The van der Waals surface area contributed by atoms with E-state index in [-0.39, 0.29) is 11.6 Å². The van der Waals surface area contributed by atoms with Gasteiger partial charge in [0.15, 0.2) is 0 Å². The van der Waals surface area contributed by atoms with Gasteiger partial charge < -0.3 is 5.32 Å². The van der Waals surface area contributed by atoms with Crippen LogP contribution in [0.1, 0.15) is 31.0 Å². The van der Waals surface area contributed by atoms with Crippen LogP contribution in [-0.4, -0.2) is 31.1 Å². The summed E-state index contributed by atoms with van der Waals surface area (Å²) in [4.78, 5) is 2.37. The lowest BCUT2D eigenvalue weighted by Crippen LogP contribution is -2.44. The molecule has 1 atom stereocenters. The molecule has 2 nitrogen and oxygen atoms in total. The average molecular weight is 254 g/mol. The van der Waals surface area contributed by atoms with E-state index in [0.29, 0.717) is 0 Å². The number of hydrogen-bond donors (Lipinski definition) is 1. The van der Waals surface area contributed by atoms with Gasteiger partial charge in [-0.15, -0.1) is 0 Å². The molecule has 1 unspecified atom stereocenters. The quantitative estimate of drug-likeness (QED) is 0.892. The molecule has 0 aliphatic carbocycles. The highest BCUT2D eigenvalue weighted by Crippen LogP contribution is 2.28. The molecule has 1 aromatic carbocycles. The summed E-state index contributed by atoms with van der Waals surface area (Å²) >= 11 is 0. The second-order valence-electron chi connectivity index (χ2n) is 4.97. The Morgan fingerprint density at radius 2 is 1.72 bits per heavy atom. The number of piperazine rings is 1. The lowest BCUT2D eigenvalue weighted by molar-refractivity contribution is 0.0174. The smallest absolute Gasteiger partial charge is 0.270 e. The van der Waals surface area contributed by atoms with Crippen molar-refractivity contribution in [3.63, 3.8) is 0 Å². The van der Waals surface area contributed by atoms with Gasteiger partial charge in [0, 0.05) is 44.7 Å². The van der Waals surface area contributed by atoms with Gasteiger partial charge >= 0.3 is 0 Å². The summed E-state index contributed by atoms with van der Waals surface area (Å²) < 4.78 is 26.2. The Bertz CT molecular complexity index is 378. The van der Waals surface area contributed by atoms with Crippen molar-refractivity contribution in [1.82, 2.24) is 10.2 Å². The minimum absolute atomic E-state index is 0.0822. The maximum atomic E-state index is 13.1. The van der Waals surface area contributed by atoms with Crippen LogP contribution < -0.4 is 5.32 Å². The van der Waals surface area contributed by atoms with Gasteiger partial charge in [-0.1, -0.05) is 24.3 Å². The Labute approximate surface area is 107 Å². The fourth-order valence-electron chi connectivity index (χ4n) is 2.33. The molecule has 1 saturated heterocycles. The summed E-state index contributed by atoms with van der Waals surface area (Å²) in [5.41, 5.74) is 1.18. The third-order valence-corrected chi connectivity index (χ3v) is 3.60. The third kappa shape index (κ3) is 3.06. The molecule has 2 rings (SSSR count). The molecule has 0 amide bonds. The highest BCUT2D eigenvalue weighted by molar-refractivity contribution is 5.27. The molecule has 4 heteroatoms. The Morgan fingerprint density at radius 3 is 2.22 bits per heavy atom. The minimum Gasteiger partial charge on any atom is -0.314 e. The van der Waals surface area contributed by atoms with E-state index in [2.05, 4.69) is 17.1 Å². The first-order valence-electron chi connectivity index (χ1n) is 6.41. The van der Waals surface area contributed by atoms with Gasteiger partial charge in [-0.25, -0.2) is 8.78 Å². The van der Waals surface area contributed by atoms with Crippen LogP contribution >= 0.6 is 0 Å². The van der Waals surface area contributed by atoms with Crippen molar-refractivity contribution in [2.24, 2.45) is 0 Å². The summed E-state index contributed by atoms with van der Waals surface area (Å²) in [5.74, 6) is -2.75. The zero-order valence-electron chi connectivity index (χ0n) is 10.9. The van der Waals surface area contributed by atoms with Gasteiger partial charge in [0.25, 0.3) is 5.92 Å². The van der Waals surface area contributed by atoms with Crippen LogP contribution in [0.4, 0.5) is 8.78 Å². The molecule has 1 aliphatic heterocycles. The molecule has 0 spiro atoms. The van der Waals surface area contributed by atoms with E-state index in [1.54, 1.807) is 0 Å². The summed E-state index contributed by atoms with van der Waals surface area (Å²) in [6, 6.07) is 6.99. The lowest BCUT2D eigenvalue weighted by Gasteiger charge is -2.33. The SMILES string of the molecule is CC(c1ccc(C(C)(F)F)cc1)N1CCNCC1. The predicted molar refractivity (Wildman–Crippen MR) is 68.9 cm³/mol. The van der Waals surface area contributed by atoms with Gasteiger partial charge in [-0.05, 0) is 12.5 Å². The topological polar surface area (TPSA) is 15.3 Å². The number of nitrogens with one attached hydrogen (secondary N) is 1. The molecule has 100 valence electrons. The second-order valence-corrected chi connectivity index (χ2v) is 4.97. The van der Waals surface area contributed by atoms with Gasteiger partial charge in [0.05, 0.1) is 0 Å². The Kier molecular flexibility index (Phi) is 3.97. The molecule has 0 radical (unpaired) electrons. The van der Waals surface area contributed by atoms with E-state index >= 15 is 0 Å². The number of rotatable bonds is 3. The van der Waals surface area contributed by atoms with Crippen molar-refractivity contribution >= 4 is 0 Å². The monoisotopic (exact) mass is 254 g/mol. The maximum Gasteiger partial charge on any atom is 0.270 e. The van der Waals surface area contributed by atoms with Crippen molar-refractivity contribution in [3.8, 4) is 0 Å². The molecule has 1 aromatic rings. The molecule has 1 heterocycles. The van der Waals surface area contributed by atoms with Gasteiger partial charge in [0.1, 0.15) is 0 Å². The third-order valence-electron chi connectivity index (χ3n) is 3.60. The van der Waals surface area contributed by atoms with E-state index in [1.807, 2.05) is 12.1 Å². The van der Waals surface area contributed by atoms with E-state index in [0.717, 1.165) is 38.7 Å². The lowest BCUT2D eigenvalue weighted by atomic mass is 10.0. The minimum atomic E-state index is -2.75. The summed E-state index contributed by atoms with van der Waals surface area (Å²) in [5, 5.41) is 3.31. The van der Waals surface area contributed by atoms with E-state index in [1.165, 1.54) is 12.1 Å². The summed E-state index contributed by atoms with van der Waals surface area (Å²) in [7, 11) is 0. The largest absolute Gasteiger partial charge is 0.314 e. The highest BCUT2D eigenvalue weighted by Gasteiger charge is 2.24. The number of alkyl halides is 2. The summed E-state index contributed by atoms with van der Waals surface area (Å²) in [6.45, 7) is 7.07. The number of nitrogens with zero attached hydrogens (tertiary/aromatic N) is 1. The first-order chi connectivity index (χ1) is 8.48. The zero-order chi connectivity index (χ0) is 13.2. The van der Waals surface area contributed by atoms with E-state index in [9.17, 15) is 8.78 Å². The number of benzene rings is 1. The van der Waals surface area contributed by atoms with E-state index in [4.69, 9.17) is 0 Å². The van der Waals surface area contributed by atoms with Crippen molar-refractivity contribution < 1.29 is 8.78 Å². The second kappa shape index (κ2) is 5.33. The van der Waals surface area contributed by atoms with Crippen LogP contribution in [0.2, 0.25) is 0 Å². The standard InChI is InChI=1S/C14H20F2N2/c1-11(18-9-7-17-8-10-18)12-3-5-13(6-4-12)14(2,15)16/h3-6,11,17H,7-10H2,1-2H3. The predicted octanol–water partition coefficient (Wildman–Crippen LogP) is 2.76. The fourth-order valence-corrected chi connectivity index (χ4v) is 2.33. The molecule has 1 N–H and O–H groups in total. The zero-order valence-corrected chi connectivity index (χ0v) is 10.9. The van der Waals surface area contributed by atoms with Crippen LogP contribution in [0.3, 0.4) is 0 Å². The maximum absolute atomic E-state index is 13.1. The van der Waals surface area contributed by atoms with Crippen molar-refractivity contribution in [2.75, 3.05) is 26.2 Å². The van der Waals surface area contributed by atoms with Gasteiger partial charge in [0.2, 0.25) is 0 Å². The Balaban J connectivity index is 2.09. The van der Waals surface area contributed by atoms with Crippen LogP contribution in [0.15, 0.2) is 24.3 Å². The first-order valence-corrected chi connectivity index (χ1v) is 6.41. The van der Waals surface area contributed by atoms with Crippen molar-refractivity contribution in [1.29, 1.82) is 0 Å². The molecular weight excluding hydrogens is 234 g/mol. The van der Waals surface area contributed by atoms with Crippen LogP contribution in [-0.2, 0) is 5.92 Å². The summed E-state index contributed by atoms with van der Waals surface area (Å²) in [6.07, 6.45) is 0. The molecule has 1 aliphatic rings. The molecule has 18 heavy (non-hydrogen) atoms. The van der Waals surface area contributed by atoms with Crippen molar-refractivity contribution in [2.45, 2.75) is 25.8 Å². The van der Waals surface area contributed by atoms with Crippen molar-refractivity contribution in [3.05, 3.63) is 35.4 Å². The fraction of sp³-hybridized carbons (Fsp3) is 0.571. The molecule has 0 saturated carbocycles. The van der Waals surface area contributed by atoms with Crippen LogP contribution in [0, 0.1) is 0 Å². The highest BCUT2D eigenvalue weighted by atomic mass is 19.3. The molecule has 1 fully saturated rings. The molecular formula is C14H20F2N2. The molecule has 0 aromatic heterocycles.